The van der Waals surface area contributed by atoms with Crippen LogP contribution in [0, 0.1) is 12.7 Å². The second-order valence-electron chi connectivity index (χ2n) is 10.8. The van der Waals surface area contributed by atoms with Crippen molar-refractivity contribution in [2.75, 3.05) is 17.1 Å². The van der Waals surface area contributed by atoms with Crippen LogP contribution in [0.25, 0.3) is 0 Å². The molecule has 0 spiro atoms. The molecule has 4 rings (SSSR count). The molecule has 9 heteroatoms. The molecule has 41 heavy (non-hydrogen) atoms. The van der Waals surface area contributed by atoms with Gasteiger partial charge in [-0.1, -0.05) is 79.4 Å². The zero-order valence-corrected chi connectivity index (χ0v) is 24.4. The molecule has 0 saturated heterocycles. The second-order valence-corrected chi connectivity index (χ2v) is 12.7. The van der Waals surface area contributed by atoms with Gasteiger partial charge < -0.3 is 10.2 Å². The van der Waals surface area contributed by atoms with E-state index < -0.39 is 34.3 Å². The standard InChI is InChI=1S/C32H38FN3O4S/c1-24-13-15-26(16-14-24)22-35(31(37)23-36(41(2,39)40)29-19-17-27(33)18-20-29)30(21-25-9-5-3-6-10-25)32(38)34-28-11-7-4-8-12-28/h3,5-6,9-10,13-20,28,30H,4,7-8,11-12,21-23H2,1-2H3,(H,34,38)/t30-/m1/s1. The summed E-state index contributed by atoms with van der Waals surface area (Å²) in [6, 6.07) is 21.3. The predicted octanol–water partition coefficient (Wildman–Crippen LogP) is 4.99. The Labute approximate surface area is 242 Å². The van der Waals surface area contributed by atoms with Crippen molar-refractivity contribution < 1.29 is 22.4 Å². The Morgan fingerprint density at radius 3 is 2.15 bits per heavy atom. The van der Waals surface area contributed by atoms with E-state index in [1.165, 1.54) is 17.0 Å². The first-order chi connectivity index (χ1) is 19.6. The molecule has 0 aromatic heterocycles. The fourth-order valence-corrected chi connectivity index (χ4v) is 6.06. The van der Waals surface area contributed by atoms with Crippen molar-refractivity contribution in [3.63, 3.8) is 0 Å². The third kappa shape index (κ3) is 8.63. The van der Waals surface area contributed by atoms with Crippen LogP contribution in [0.2, 0.25) is 0 Å². The van der Waals surface area contributed by atoms with E-state index in [0.717, 1.165) is 71.5 Å². The van der Waals surface area contributed by atoms with Crippen LogP contribution >= 0.6 is 0 Å². The van der Waals surface area contributed by atoms with Gasteiger partial charge >= 0.3 is 0 Å². The van der Waals surface area contributed by atoms with E-state index in [9.17, 15) is 22.4 Å². The van der Waals surface area contributed by atoms with Crippen LogP contribution in [-0.2, 0) is 32.6 Å². The number of rotatable bonds is 11. The van der Waals surface area contributed by atoms with Crippen LogP contribution in [0.15, 0.2) is 78.9 Å². The number of hydrogen-bond acceptors (Lipinski definition) is 4. The van der Waals surface area contributed by atoms with E-state index in [1.54, 1.807) is 0 Å². The van der Waals surface area contributed by atoms with E-state index in [4.69, 9.17) is 0 Å². The summed E-state index contributed by atoms with van der Waals surface area (Å²) in [6.07, 6.45) is 6.28. The van der Waals surface area contributed by atoms with Gasteiger partial charge in [-0.25, -0.2) is 12.8 Å². The summed E-state index contributed by atoms with van der Waals surface area (Å²) in [4.78, 5) is 29.5. The number of hydrogen-bond donors (Lipinski definition) is 1. The number of nitrogens with one attached hydrogen (secondary N) is 1. The maximum Gasteiger partial charge on any atom is 0.244 e. The lowest BCUT2D eigenvalue weighted by Gasteiger charge is -2.35. The van der Waals surface area contributed by atoms with Crippen molar-refractivity contribution in [3.8, 4) is 0 Å². The van der Waals surface area contributed by atoms with Gasteiger partial charge in [0.15, 0.2) is 0 Å². The maximum absolute atomic E-state index is 14.1. The molecule has 0 bridgehead atoms. The lowest BCUT2D eigenvalue weighted by molar-refractivity contribution is -0.140. The Balaban J connectivity index is 1.71. The smallest absolute Gasteiger partial charge is 0.244 e. The number of anilines is 1. The molecule has 1 aliphatic carbocycles. The van der Waals surface area contributed by atoms with Crippen molar-refractivity contribution in [2.45, 2.75) is 64.1 Å². The molecule has 1 N–H and O–H groups in total. The number of carbonyl (C=O) groups is 2. The third-order valence-electron chi connectivity index (χ3n) is 7.49. The average molecular weight is 580 g/mol. The van der Waals surface area contributed by atoms with Crippen LogP contribution in [0.1, 0.15) is 48.8 Å². The summed E-state index contributed by atoms with van der Waals surface area (Å²) >= 11 is 0. The first-order valence-corrected chi connectivity index (χ1v) is 15.9. The van der Waals surface area contributed by atoms with E-state index in [2.05, 4.69) is 5.32 Å². The van der Waals surface area contributed by atoms with Gasteiger partial charge in [0.25, 0.3) is 0 Å². The van der Waals surface area contributed by atoms with E-state index in [0.29, 0.717) is 0 Å². The SMILES string of the molecule is Cc1ccc(CN(C(=O)CN(c2ccc(F)cc2)S(C)(=O)=O)[C@H](Cc2ccccc2)C(=O)NC2CCCCC2)cc1. The highest BCUT2D eigenvalue weighted by atomic mass is 32.2. The molecule has 1 saturated carbocycles. The Bertz CT molecular complexity index is 1410. The molecule has 0 radical (unpaired) electrons. The lowest BCUT2D eigenvalue weighted by atomic mass is 9.94. The number of aryl methyl sites for hydroxylation is 1. The molecule has 0 aliphatic heterocycles. The molecule has 1 fully saturated rings. The van der Waals surface area contributed by atoms with Gasteiger partial charge in [0.05, 0.1) is 11.9 Å². The van der Waals surface area contributed by atoms with Gasteiger partial charge in [0.1, 0.15) is 18.4 Å². The zero-order chi connectivity index (χ0) is 29.4. The molecular formula is C32H38FN3O4S. The first kappa shape index (κ1) is 30.2. The van der Waals surface area contributed by atoms with E-state index in [1.807, 2.05) is 61.5 Å². The monoisotopic (exact) mass is 579 g/mol. The molecular weight excluding hydrogens is 541 g/mol. The normalized spacial score (nSPS) is 14.7. The highest BCUT2D eigenvalue weighted by Gasteiger charge is 2.34. The predicted molar refractivity (Wildman–Crippen MR) is 159 cm³/mol. The van der Waals surface area contributed by atoms with E-state index >= 15 is 0 Å². The Kier molecular flexibility index (Phi) is 10.2. The molecule has 0 heterocycles. The molecule has 1 aliphatic rings. The summed E-state index contributed by atoms with van der Waals surface area (Å²) in [6.45, 7) is 1.56. The molecule has 7 nitrogen and oxygen atoms in total. The fraction of sp³-hybridized carbons (Fsp3) is 0.375. The van der Waals surface area contributed by atoms with Gasteiger partial charge in [0, 0.05) is 19.0 Å². The highest BCUT2D eigenvalue weighted by molar-refractivity contribution is 7.92. The Morgan fingerprint density at radius 1 is 0.902 bits per heavy atom. The van der Waals surface area contributed by atoms with Gasteiger partial charge in [-0.3, -0.25) is 13.9 Å². The molecule has 218 valence electrons. The van der Waals surface area contributed by atoms with Gasteiger partial charge in [0.2, 0.25) is 21.8 Å². The van der Waals surface area contributed by atoms with Crippen molar-refractivity contribution in [2.24, 2.45) is 0 Å². The quantitative estimate of drug-likeness (QED) is 0.347. The Morgan fingerprint density at radius 2 is 1.54 bits per heavy atom. The first-order valence-electron chi connectivity index (χ1n) is 14.0. The van der Waals surface area contributed by atoms with Crippen molar-refractivity contribution >= 4 is 27.5 Å². The number of carbonyl (C=O) groups excluding carboxylic acids is 2. The van der Waals surface area contributed by atoms with Gasteiger partial charge in [-0.05, 0) is 55.2 Å². The largest absolute Gasteiger partial charge is 0.352 e. The fourth-order valence-electron chi connectivity index (χ4n) is 5.21. The molecule has 2 amide bonds. The number of nitrogens with zero attached hydrogens (tertiary/aromatic N) is 2. The van der Waals surface area contributed by atoms with Crippen LogP contribution in [0.3, 0.4) is 0 Å². The van der Waals surface area contributed by atoms with Crippen molar-refractivity contribution in [3.05, 3.63) is 101 Å². The maximum atomic E-state index is 14.1. The molecule has 0 unspecified atom stereocenters. The van der Waals surface area contributed by atoms with E-state index in [-0.39, 0.29) is 30.6 Å². The van der Waals surface area contributed by atoms with Gasteiger partial charge in [-0.2, -0.15) is 0 Å². The van der Waals surface area contributed by atoms with Crippen molar-refractivity contribution in [1.82, 2.24) is 10.2 Å². The minimum absolute atomic E-state index is 0.0394. The molecule has 3 aromatic rings. The van der Waals surface area contributed by atoms with Gasteiger partial charge in [-0.15, -0.1) is 0 Å². The minimum Gasteiger partial charge on any atom is -0.352 e. The lowest BCUT2D eigenvalue weighted by Crippen LogP contribution is -2.55. The topological polar surface area (TPSA) is 86.8 Å². The molecule has 3 aromatic carbocycles. The minimum atomic E-state index is -3.90. The second kappa shape index (κ2) is 13.8. The summed E-state index contributed by atoms with van der Waals surface area (Å²) in [5.41, 5.74) is 2.93. The van der Waals surface area contributed by atoms with Crippen LogP contribution < -0.4 is 9.62 Å². The third-order valence-corrected chi connectivity index (χ3v) is 8.63. The average Bonchev–Trinajstić information content (AvgIpc) is 2.95. The number of halogens is 1. The number of benzene rings is 3. The number of sulfonamides is 1. The summed E-state index contributed by atoms with van der Waals surface area (Å²) in [5.74, 6) is -1.30. The van der Waals surface area contributed by atoms with Crippen LogP contribution in [0.4, 0.5) is 10.1 Å². The number of amides is 2. The summed E-state index contributed by atoms with van der Waals surface area (Å²) in [5, 5.41) is 3.18. The van der Waals surface area contributed by atoms with Crippen molar-refractivity contribution in [1.29, 1.82) is 0 Å². The Hall–Kier alpha value is -3.72. The highest BCUT2D eigenvalue weighted by Crippen LogP contribution is 2.22. The zero-order valence-electron chi connectivity index (χ0n) is 23.6. The summed E-state index contributed by atoms with van der Waals surface area (Å²) in [7, 11) is -3.90. The molecule has 1 atom stereocenters. The van der Waals surface area contributed by atoms with Crippen LogP contribution in [-0.4, -0.2) is 50.0 Å². The summed E-state index contributed by atoms with van der Waals surface area (Å²) < 4.78 is 40.2. The van der Waals surface area contributed by atoms with Crippen LogP contribution in [0.5, 0.6) is 0 Å².